The van der Waals surface area contributed by atoms with E-state index in [0.717, 1.165) is 16.9 Å². The van der Waals surface area contributed by atoms with Crippen LogP contribution in [-0.4, -0.2) is 15.6 Å². The molecule has 5 aromatic rings. The molecule has 0 saturated carbocycles. The van der Waals surface area contributed by atoms with E-state index in [0.29, 0.717) is 0 Å². The molecule has 0 fully saturated rings. The molecule has 1 unspecified atom stereocenters. The molecule has 3 aromatic carbocycles. The van der Waals surface area contributed by atoms with E-state index < -0.39 is 0 Å². The zero-order valence-electron chi connectivity index (χ0n) is 16.0. The van der Waals surface area contributed by atoms with E-state index in [4.69, 9.17) is 4.98 Å². The van der Waals surface area contributed by atoms with Gasteiger partial charge in [0.05, 0.1) is 17.1 Å². The van der Waals surface area contributed by atoms with Crippen molar-refractivity contribution in [3.63, 3.8) is 0 Å². The van der Waals surface area contributed by atoms with E-state index >= 15 is 0 Å². The van der Waals surface area contributed by atoms with Crippen molar-refractivity contribution in [2.45, 2.75) is 6.04 Å². The fraction of sp³-hybridized carbons (Fsp3) is 0.0385. The van der Waals surface area contributed by atoms with Crippen LogP contribution in [0.4, 0.5) is 0 Å². The lowest BCUT2D eigenvalue weighted by Crippen LogP contribution is -2.32. The maximum absolute atomic E-state index is 4.93. The predicted molar refractivity (Wildman–Crippen MR) is 127 cm³/mol. The van der Waals surface area contributed by atoms with Gasteiger partial charge in [-0.25, -0.2) is 4.98 Å². The zero-order valence-corrected chi connectivity index (χ0v) is 16.9. The predicted octanol–water partition coefficient (Wildman–Crippen LogP) is 6.28. The minimum atomic E-state index is 0.0988. The molecule has 0 spiro atoms. The first-order valence-corrected chi connectivity index (χ1v) is 10.9. The van der Waals surface area contributed by atoms with Gasteiger partial charge in [-0.3, -0.25) is 4.57 Å². The van der Waals surface area contributed by atoms with Gasteiger partial charge in [-0.2, -0.15) is 0 Å². The van der Waals surface area contributed by atoms with E-state index in [1.54, 1.807) is 0 Å². The Balaban J connectivity index is 1.51. The molecule has 0 radical (unpaired) electrons. The lowest BCUT2D eigenvalue weighted by molar-refractivity contribution is 0.835. The van der Waals surface area contributed by atoms with Gasteiger partial charge >= 0.3 is 0 Å². The largest absolute Gasteiger partial charge is 0.380 e. The van der Waals surface area contributed by atoms with Crippen molar-refractivity contribution in [3.05, 3.63) is 96.5 Å². The quantitative estimate of drug-likeness (QED) is 0.357. The second-order valence-corrected chi connectivity index (χ2v) is 8.85. The van der Waals surface area contributed by atoms with Crippen LogP contribution >= 0.6 is 11.3 Å². The number of dihydropyridines is 1. The van der Waals surface area contributed by atoms with Gasteiger partial charge in [-0.05, 0) is 48.2 Å². The van der Waals surface area contributed by atoms with Crippen LogP contribution in [0.1, 0.15) is 11.4 Å². The summed E-state index contributed by atoms with van der Waals surface area (Å²) < 4.78 is 4.91. The molecule has 3 nitrogen and oxygen atoms in total. The number of allylic oxidation sites excluding steroid dienone is 2. The molecule has 4 heterocycles. The van der Waals surface area contributed by atoms with Gasteiger partial charge in [0.25, 0.3) is 0 Å². The van der Waals surface area contributed by atoms with Gasteiger partial charge in [0.2, 0.25) is 0 Å². The van der Waals surface area contributed by atoms with Gasteiger partial charge in [-0.15, -0.1) is 11.3 Å². The molecule has 2 aliphatic heterocycles. The molecule has 142 valence electrons. The van der Waals surface area contributed by atoms with Gasteiger partial charge in [0, 0.05) is 37.5 Å². The normalized spacial score (nSPS) is 17.5. The van der Waals surface area contributed by atoms with Crippen LogP contribution in [0.3, 0.4) is 0 Å². The van der Waals surface area contributed by atoms with E-state index in [-0.39, 0.29) is 6.04 Å². The number of imidazole rings is 1. The average molecular weight is 404 g/mol. The summed E-state index contributed by atoms with van der Waals surface area (Å²) in [6, 6.07) is 24.0. The molecule has 4 heteroatoms. The molecular formula is C26H17N3S. The fourth-order valence-corrected chi connectivity index (χ4v) is 5.78. The highest BCUT2D eigenvalue weighted by Gasteiger charge is 2.30. The van der Waals surface area contributed by atoms with Crippen LogP contribution in [0.2, 0.25) is 0 Å². The van der Waals surface area contributed by atoms with Crippen molar-refractivity contribution in [1.82, 2.24) is 14.9 Å². The molecule has 1 N–H and O–H groups in total. The third kappa shape index (κ3) is 2.17. The van der Waals surface area contributed by atoms with Crippen molar-refractivity contribution in [2.24, 2.45) is 0 Å². The summed E-state index contributed by atoms with van der Waals surface area (Å²) in [5, 5.41) is 6.22. The minimum Gasteiger partial charge on any atom is -0.380 e. The number of rotatable bonds is 1. The maximum atomic E-state index is 4.93. The third-order valence-electron chi connectivity index (χ3n) is 6.09. The number of hydrogen-bond acceptors (Lipinski definition) is 3. The van der Waals surface area contributed by atoms with Crippen molar-refractivity contribution in [1.29, 1.82) is 0 Å². The first-order chi connectivity index (χ1) is 14.9. The van der Waals surface area contributed by atoms with Crippen molar-refractivity contribution < 1.29 is 0 Å². The Bertz CT molecular complexity index is 1580. The summed E-state index contributed by atoms with van der Waals surface area (Å²) in [6.45, 7) is 0. The summed E-state index contributed by atoms with van der Waals surface area (Å²) in [5.41, 5.74) is 5.88. The standard InChI is InChI=1S/C26H17N3S/c1-4-10-23-17(6-1)19-14-16(11-12-24(19)30-23)20-15-29-22-9-3-2-8-21(22)28-26(29)18-7-5-13-27-25(18)20/h1-15,25,27H. The van der Waals surface area contributed by atoms with Crippen molar-refractivity contribution in [3.8, 4) is 0 Å². The van der Waals surface area contributed by atoms with Gasteiger partial charge < -0.3 is 5.32 Å². The number of nitrogens with zero attached hydrogens (tertiary/aromatic N) is 2. The lowest BCUT2D eigenvalue weighted by atomic mass is 9.89. The highest BCUT2D eigenvalue weighted by atomic mass is 32.1. The Morgan fingerprint density at radius 3 is 2.73 bits per heavy atom. The highest BCUT2D eigenvalue weighted by Crippen LogP contribution is 2.40. The number of thiophene rings is 1. The minimum absolute atomic E-state index is 0.0988. The van der Waals surface area contributed by atoms with Crippen LogP contribution in [0.15, 0.2) is 85.1 Å². The number of fused-ring (bicyclic) bond motifs is 8. The number of nitrogens with one attached hydrogen (secondary N) is 1. The lowest BCUT2D eigenvalue weighted by Gasteiger charge is -2.30. The second-order valence-electron chi connectivity index (χ2n) is 7.77. The molecule has 2 aromatic heterocycles. The number of para-hydroxylation sites is 2. The summed E-state index contributed by atoms with van der Waals surface area (Å²) in [7, 11) is 0. The van der Waals surface area contributed by atoms with E-state index in [9.17, 15) is 0 Å². The number of benzene rings is 3. The molecule has 30 heavy (non-hydrogen) atoms. The highest BCUT2D eigenvalue weighted by molar-refractivity contribution is 7.25. The van der Waals surface area contributed by atoms with Gasteiger partial charge in [-0.1, -0.05) is 42.5 Å². The smallest absolute Gasteiger partial charge is 0.143 e. The molecular weight excluding hydrogens is 386 g/mol. The van der Waals surface area contributed by atoms with E-state index in [1.807, 2.05) is 23.6 Å². The van der Waals surface area contributed by atoms with E-state index in [1.165, 1.54) is 36.9 Å². The number of hydrogen-bond donors (Lipinski definition) is 1. The number of aromatic nitrogens is 2. The van der Waals surface area contributed by atoms with Crippen LogP contribution < -0.4 is 5.32 Å². The first kappa shape index (κ1) is 16.2. The average Bonchev–Trinajstić information content (AvgIpc) is 3.36. The molecule has 2 aliphatic rings. The SMILES string of the molecule is C1=CNC2C(c3ccc4sc5ccccc5c4c3)=Cn3c(nc4ccccc43)C2=C1. The zero-order chi connectivity index (χ0) is 19.7. The molecule has 1 atom stereocenters. The molecule has 0 bridgehead atoms. The summed E-state index contributed by atoms with van der Waals surface area (Å²) in [6.07, 6.45) is 8.53. The fourth-order valence-electron chi connectivity index (χ4n) is 4.69. The molecule has 0 saturated heterocycles. The van der Waals surface area contributed by atoms with Crippen LogP contribution in [0.5, 0.6) is 0 Å². The summed E-state index contributed by atoms with van der Waals surface area (Å²) in [4.78, 5) is 4.93. The maximum Gasteiger partial charge on any atom is 0.143 e. The Labute approximate surface area is 177 Å². The topological polar surface area (TPSA) is 29.9 Å². The van der Waals surface area contributed by atoms with Gasteiger partial charge in [0.1, 0.15) is 5.82 Å². The molecule has 7 rings (SSSR count). The Kier molecular flexibility index (Phi) is 3.21. The van der Waals surface area contributed by atoms with E-state index in [2.05, 4.69) is 88.9 Å². The van der Waals surface area contributed by atoms with Crippen molar-refractivity contribution in [2.75, 3.05) is 0 Å². The van der Waals surface area contributed by atoms with Gasteiger partial charge in [0.15, 0.2) is 0 Å². The van der Waals surface area contributed by atoms with Crippen LogP contribution in [0, 0.1) is 0 Å². The van der Waals surface area contributed by atoms with Crippen LogP contribution in [-0.2, 0) is 0 Å². The Hall–Kier alpha value is -3.63. The Morgan fingerprint density at radius 1 is 0.867 bits per heavy atom. The molecule has 0 amide bonds. The third-order valence-corrected chi connectivity index (χ3v) is 7.24. The Morgan fingerprint density at radius 2 is 1.73 bits per heavy atom. The first-order valence-electron chi connectivity index (χ1n) is 10.1. The van der Waals surface area contributed by atoms with Crippen LogP contribution in [0.25, 0.3) is 48.6 Å². The monoisotopic (exact) mass is 403 g/mol. The van der Waals surface area contributed by atoms with Crippen molar-refractivity contribution >= 4 is 59.9 Å². The molecule has 0 aliphatic carbocycles. The summed E-state index contributed by atoms with van der Waals surface area (Å²) >= 11 is 1.86. The summed E-state index contributed by atoms with van der Waals surface area (Å²) in [5.74, 6) is 1.02. The second kappa shape index (κ2) is 5.94.